The molecule has 2 N–H and O–H groups in total. The minimum absolute atomic E-state index is 0.000957. The Bertz CT molecular complexity index is 542. The number of guanidine groups is 1. The topological polar surface area (TPSA) is 44.9 Å². The zero-order chi connectivity index (χ0) is 14.3. The zero-order valence-electron chi connectivity index (χ0n) is 12.0. The van der Waals surface area contributed by atoms with E-state index in [1.165, 1.54) is 0 Å². The van der Waals surface area contributed by atoms with Gasteiger partial charge in [-0.05, 0) is 38.5 Å². The molecule has 0 amide bonds. The summed E-state index contributed by atoms with van der Waals surface area (Å²) in [6, 6.07) is 8.42. The Morgan fingerprint density at radius 1 is 1.40 bits per heavy atom. The fourth-order valence-corrected chi connectivity index (χ4v) is 3.46. The van der Waals surface area contributed by atoms with Crippen LogP contribution in [0.2, 0.25) is 5.02 Å². The largest absolute Gasteiger partial charge is 0.369 e. The second-order valence-electron chi connectivity index (χ2n) is 6.03. The summed E-state index contributed by atoms with van der Waals surface area (Å²) in [6.45, 7) is 7.34. The van der Waals surface area contributed by atoms with Crippen molar-refractivity contribution < 1.29 is 0 Å². The highest BCUT2D eigenvalue weighted by Gasteiger charge is 2.48. The van der Waals surface area contributed by atoms with Crippen LogP contribution in [0.5, 0.6) is 0 Å². The van der Waals surface area contributed by atoms with Gasteiger partial charge in [-0.25, -0.2) is 0 Å². The lowest BCUT2D eigenvalue weighted by Gasteiger charge is -2.36. The Hall–Kier alpha value is -1.26. The molecule has 1 aromatic rings. The molecule has 0 saturated carbocycles. The van der Waals surface area contributed by atoms with Gasteiger partial charge in [-0.3, -0.25) is 9.89 Å². The van der Waals surface area contributed by atoms with Crippen molar-refractivity contribution in [3.05, 3.63) is 29.3 Å². The van der Waals surface area contributed by atoms with E-state index in [0.29, 0.717) is 12.0 Å². The van der Waals surface area contributed by atoms with E-state index in [0.717, 1.165) is 36.8 Å². The molecule has 1 aromatic carbocycles. The van der Waals surface area contributed by atoms with Gasteiger partial charge < -0.3 is 10.6 Å². The second-order valence-corrected chi connectivity index (χ2v) is 6.46. The lowest BCUT2D eigenvalue weighted by molar-refractivity contribution is 0.260. The molecule has 2 heterocycles. The highest BCUT2D eigenvalue weighted by atomic mass is 35.5. The van der Waals surface area contributed by atoms with Crippen LogP contribution in [0.15, 0.2) is 29.3 Å². The van der Waals surface area contributed by atoms with Crippen LogP contribution in [0.4, 0.5) is 5.69 Å². The van der Waals surface area contributed by atoms with Gasteiger partial charge in [0.05, 0.1) is 12.1 Å². The Morgan fingerprint density at radius 3 is 2.85 bits per heavy atom. The molecule has 108 valence electrons. The lowest BCUT2D eigenvalue weighted by Crippen LogP contribution is -2.54. The van der Waals surface area contributed by atoms with Gasteiger partial charge in [0.25, 0.3) is 0 Å². The normalized spacial score (nSPS) is 26.8. The summed E-state index contributed by atoms with van der Waals surface area (Å²) in [5.41, 5.74) is 7.19. The van der Waals surface area contributed by atoms with Gasteiger partial charge in [-0.1, -0.05) is 17.7 Å². The maximum atomic E-state index is 6.15. The smallest absolute Gasteiger partial charge is 0.196 e. The van der Waals surface area contributed by atoms with Gasteiger partial charge in [-0.2, -0.15) is 0 Å². The molecule has 4 nitrogen and oxygen atoms in total. The molecule has 0 aliphatic carbocycles. The molecule has 1 spiro atoms. The minimum atomic E-state index is -0.000957. The molecule has 3 rings (SSSR count). The van der Waals surface area contributed by atoms with Gasteiger partial charge in [-0.15, -0.1) is 0 Å². The number of anilines is 1. The summed E-state index contributed by atoms with van der Waals surface area (Å²) in [5, 5.41) is 0.732. The first-order valence-electron chi connectivity index (χ1n) is 7.12. The van der Waals surface area contributed by atoms with E-state index in [1.807, 2.05) is 18.2 Å². The number of nitrogens with zero attached hydrogens (tertiary/aromatic N) is 3. The van der Waals surface area contributed by atoms with Crippen molar-refractivity contribution in [2.24, 2.45) is 10.7 Å². The fraction of sp³-hybridized carbons (Fsp3) is 0.533. The predicted octanol–water partition coefficient (Wildman–Crippen LogP) is 2.33. The zero-order valence-corrected chi connectivity index (χ0v) is 12.8. The van der Waals surface area contributed by atoms with Crippen LogP contribution in [-0.2, 0) is 0 Å². The number of benzene rings is 1. The van der Waals surface area contributed by atoms with Crippen LogP contribution >= 0.6 is 11.6 Å². The minimum Gasteiger partial charge on any atom is -0.369 e. The van der Waals surface area contributed by atoms with Crippen molar-refractivity contribution in [1.82, 2.24) is 4.90 Å². The summed E-state index contributed by atoms with van der Waals surface area (Å²) in [5.74, 6) is 0.609. The molecule has 1 saturated heterocycles. The molecule has 0 bridgehead atoms. The Morgan fingerprint density at radius 2 is 2.20 bits per heavy atom. The van der Waals surface area contributed by atoms with Gasteiger partial charge in [0.1, 0.15) is 0 Å². The standard InChI is InChI=1S/C15H21ClN4/c1-11(2)19-7-6-15(10-19)9-18-14(17)20(15)13-5-3-4-12(16)8-13/h3-5,8,11H,6-7,9-10H2,1-2H3,(H2,17,18). The maximum Gasteiger partial charge on any atom is 0.196 e. The summed E-state index contributed by atoms with van der Waals surface area (Å²) >= 11 is 6.13. The number of nitrogens with two attached hydrogens (primary N) is 1. The highest BCUT2D eigenvalue weighted by molar-refractivity contribution is 6.31. The second kappa shape index (κ2) is 4.93. The van der Waals surface area contributed by atoms with Crippen molar-refractivity contribution >= 4 is 23.2 Å². The molecule has 1 fully saturated rings. The van der Waals surface area contributed by atoms with Crippen molar-refractivity contribution in [1.29, 1.82) is 0 Å². The van der Waals surface area contributed by atoms with Crippen molar-refractivity contribution in [2.75, 3.05) is 24.5 Å². The molecule has 0 aromatic heterocycles. The number of hydrogen-bond acceptors (Lipinski definition) is 4. The van der Waals surface area contributed by atoms with Gasteiger partial charge >= 0.3 is 0 Å². The van der Waals surface area contributed by atoms with E-state index in [9.17, 15) is 0 Å². The molecule has 5 heteroatoms. The number of likely N-dealkylation sites (tertiary alicyclic amines) is 1. The molecular weight excluding hydrogens is 272 g/mol. The average molecular weight is 293 g/mol. The first-order chi connectivity index (χ1) is 9.52. The number of hydrogen-bond donors (Lipinski definition) is 1. The Balaban J connectivity index is 1.93. The molecule has 2 aliphatic heterocycles. The SMILES string of the molecule is CC(C)N1CCC2(CN=C(N)N2c2cccc(Cl)c2)C1. The van der Waals surface area contributed by atoms with Crippen LogP contribution in [-0.4, -0.2) is 42.1 Å². The van der Waals surface area contributed by atoms with Crippen molar-refractivity contribution in [3.8, 4) is 0 Å². The Labute approximate surface area is 125 Å². The van der Waals surface area contributed by atoms with E-state index in [1.54, 1.807) is 0 Å². The molecule has 1 atom stereocenters. The summed E-state index contributed by atoms with van der Waals surface area (Å²) in [7, 11) is 0. The third-order valence-electron chi connectivity index (χ3n) is 4.40. The third-order valence-corrected chi connectivity index (χ3v) is 4.63. The van der Waals surface area contributed by atoms with Crippen LogP contribution in [0.3, 0.4) is 0 Å². The predicted molar refractivity (Wildman–Crippen MR) is 84.5 cm³/mol. The number of rotatable bonds is 2. The van der Waals surface area contributed by atoms with Gasteiger partial charge in [0.15, 0.2) is 5.96 Å². The fourth-order valence-electron chi connectivity index (χ4n) is 3.27. The van der Waals surface area contributed by atoms with Crippen LogP contribution in [0, 0.1) is 0 Å². The lowest BCUT2D eigenvalue weighted by atomic mass is 9.97. The maximum absolute atomic E-state index is 6.15. The molecular formula is C15H21ClN4. The highest BCUT2D eigenvalue weighted by Crippen LogP contribution is 2.37. The first-order valence-corrected chi connectivity index (χ1v) is 7.49. The van der Waals surface area contributed by atoms with E-state index in [-0.39, 0.29) is 5.54 Å². The van der Waals surface area contributed by atoms with Crippen molar-refractivity contribution in [2.45, 2.75) is 31.8 Å². The van der Waals surface area contributed by atoms with Gasteiger partial charge in [0.2, 0.25) is 0 Å². The molecule has 20 heavy (non-hydrogen) atoms. The van der Waals surface area contributed by atoms with E-state index in [4.69, 9.17) is 17.3 Å². The molecule has 1 unspecified atom stereocenters. The molecule has 0 radical (unpaired) electrons. The van der Waals surface area contributed by atoms with Crippen LogP contribution in [0.25, 0.3) is 0 Å². The van der Waals surface area contributed by atoms with Crippen molar-refractivity contribution in [3.63, 3.8) is 0 Å². The Kier molecular flexibility index (Phi) is 3.38. The van der Waals surface area contributed by atoms with E-state index < -0.39 is 0 Å². The summed E-state index contributed by atoms with van der Waals surface area (Å²) in [6.07, 6.45) is 1.09. The first kappa shape index (κ1) is 13.7. The van der Waals surface area contributed by atoms with Gasteiger partial charge in [0, 0.05) is 29.8 Å². The van der Waals surface area contributed by atoms with Crippen LogP contribution < -0.4 is 10.6 Å². The van der Waals surface area contributed by atoms with E-state index in [2.05, 4.69) is 34.7 Å². The summed E-state index contributed by atoms with van der Waals surface area (Å²) < 4.78 is 0. The average Bonchev–Trinajstić information content (AvgIpc) is 2.95. The van der Waals surface area contributed by atoms with E-state index >= 15 is 0 Å². The quantitative estimate of drug-likeness (QED) is 0.910. The number of aliphatic imine (C=N–C) groups is 1. The van der Waals surface area contributed by atoms with Crippen LogP contribution in [0.1, 0.15) is 20.3 Å². The monoisotopic (exact) mass is 292 g/mol. The third kappa shape index (κ3) is 2.17. The molecule has 2 aliphatic rings. The summed E-state index contributed by atoms with van der Waals surface area (Å²) in [4.78, 5) is 9.18. The number of halogens is 1.